The first-order valence-corrected chi connectivity index (χ1v) is 5.65. The molecule has 1 unspecified atom stereocenters. The fourth-order valence-corrected chi connectivity index (χ4v) is 2.18. The molecule has 0 saturated heterocycles. The molecule has 1 heterocycles. The third-order valence-electron chi connectivity index (χ3n) is 3.09. The maximum absolute atomic E-state index is 12.1. The molecule has 0 saturated carbocycles. The van der Waals surface area contributed by atoms with Crippen molar-refractivity contribution in [2.45, 2.75) is 25.9 Å². The third kappa shape index (κ3) is 1.90. The second-order valence-electron chi connectivity index (χ2n) is 4.04. The molecular formula is C13H15NO3. The standard InChI is InChI=1S/C13H15NO3/c1-3-11(13(16)17-2)14-8-9-6-4-5-7-10(9)12(14)15/h4-7,11H,3,8H2,1-2H3. The summed E-state index contributed by atoms with van der Waals surface area (Å²) >= 11 is 0. The Hall–Kier alpha value is -1.84. The molecule has 1 aliphatic rings. The molecule has 4 heteroatoms. The smallest absolute Gasteiger partial charge is 0.328 e. The van der Waals surface area contributed by atoms with Crippen molar-refractivity contribution in [2.24, 2.45) is 0 Å². The number of rotatable bonds is 3. The van der Waals surface area contributed by atoms with Gasteiger partial charge in [-0.25, -0.2) is 4.79 Å². The second-order valence-corrected chi connectivity index (χ2v) is 4.04. The average molecular weight is 233 g/mol. The molecule has 0 aliphatic carbocycles. The zero-order valence-corrected chi connectivity index (χ0v) is 9.97. The second kappa shape index (κ2) is 4.57. The first-order valence-electron chi connectivity index (χ1n) is 5.65. The molecule has 0 fully saturated rings. The van der Waals surface area contributed by atoms with Crippen LogP contribution in [0, 0.1) is 0 Å². The minimum atomic E-state index is -0.486. The summed E-state index contributed by atoms with van der Waals surface area (Å²) < 4.78 is 4.73. The van der Waals surface area contributed by atoms with Gasteiger partial charge in [0, 0.05) is 12.1 Å². The highest BCUT2D eigenvalue weighted by atomic mass is 16.5. The molecule has 0 bridgehead atoms. The third-order valence-corrected chi connectivity index (χ3v) is 3.09. The van der Waals surface area contributed by atoms with Crippen LogP contribution < -0.4 is 0 Å². The predicted molar refractivity (Wildman–Crippen MR) is 62.4 cm³/mol. The Bertz CT molecular complexity index is 456. The summed E-state index contributed by atoms with van der Waals surface area (Å²) in [6.45, 7) is 2.36. The number of methoxy groups -OCH3 is 1. The minimum Gasteiger partial charge on any atom is -0.467 e. The molecule has 1 atom stereocenters. The van der Waals surface area contributed by atoms with Crippen LogP contribution >= 0.6 is 0 Å². The van der Waals surface area contributed by atoms with E-state index in [1.54, 1.807) is 11.0 Å². The van der Waals surface area contributed by atoms with Gasteiger partial charge in [-0.15, -0.1) is 0 Å². The maximum Gasteiger partial charge on any atom is 0.328 e. The molecule has 4 nitrogen and oxygen atoms in total. The first-order chi connectivity index (χ1) is 8.19. The van der Waals surface area contributed by atoms with Gasteiger partial charge in [-0.2, -0.15) is 0 Å². The molecule has 90 valence electrons. The molecule has 1 amide bonds. The van der Waals surface area contributed by atoms with Gasteiger partial charge in [0.05, 0.1) is 7.11 Å². The highest BCUT2D eigenvalue weighted by Gasteiger charge is 2.35. The quantitative estimate of drug-likeness (QED) is 0.745. The molecule has 1 aliphatic heterocycles. The molecule has 17 heavy (non-hydrogen) atoms. The van der Waals surface area contributed by atoms with Crippen molar-refractivity contribution < 1.29 is 14.3 Å². The van der Waals surface area contributed by atoms with Crippen molar-refractivity contribution in [1.29, 1.82) is 0 Å². The lowest BCUT2D eigenvalue weighted by Gasteiger charge is -2.24. The summed E-state index contributed by atoms with van der Waals surface area (Å²) in [5.74, 6) is -0.438. The number of fused-ring (bicyclic) bond motifs is 1. The van der Waals surface area contributed by atoms with E-state index in [0.717, 1.165) is 5.56 Å². The Labute approximate surface area is 100 Å². The van der Waals surface area contributed by atoms with E-state index in [2.05, 4.69) is 0 Å². The molecule has 1 aromatic carbocycles. The number of benzene rings is 1. The van der Waals surface area contributed by atoms with Crippen LogP contribution in [0.3, 0.4) is 0 Å². The van der Waals surface area contributed by atoms with Crippen LogP contribution in [-0.2, 0) is 16.1 Å². The first kappa shape index (κ1) is 11.6. The molecule has 0 radical (unpaired) electrons. The normalized spacial score (nSPS) is 15.6. The number of carbonyl (C=O) groups excluding carboxylic acids is 2. The summed E-state index contributed by atoms with van der Waals surface area (Å²) in [5.41, 5.74) is 1.66. The van der Waals surface area contributed by atoms with Crippen molar-refractivity contribution in [3.05, 3.63) is 35.4 Å². The van der Waals surface area contributed by atoms with Gasteiger partial charge in [-0.3, -0.25) is 4.79 Å². The number of amides is 1. The van der Waals surface area contributed by atoms with E-state index in [4.69, 9.17) is 4.74 Å². The lowest BCUT2D eigenvalue weighted by atomic mass is 10.1. The Kier molecular flexibility index (Phi) is 3.13. The van der Waals surface area contributed by atoms with Crippen LogP contribution in [-0.4, -0.2) is 29.9 Å². The summed E-state index contributed by atoms with van der Waals surface area (Å²) in [4.78, 5) is 25.3. The number of esters is 1. The van der Waals surface area contributed by atoms with E-state index in [0.29, 0.717) is 18.5 Å². The van der Waals surface area contributed by atoms with Crippen molar-refractivity contribution in [2.75, 3.05) is 7.11 Å². The van der Waals surface area contributed by atoms with E-state index in [-0.39, 0.29) is 11.9 Å². The van der Waals surface area contributed by atoms with E-state index in [9.17, 15) is 9.59 Å². The highest BCUT2D eigenvalue weighted by Crippen LogP contribution is 2.25. The van der Waals surface area contributed by atoms with Crippen LogP contribution in [0.2, 0.25) is 0 Å². The zero-order chi connectivity index (χ0) is 12.4. The summed E-state index contributed by atoms with van der Waals surface area (Å²) in [5, 5.41) is 0. The highest BCUT2D eigenvalue weighted by molar-refractivity contribution is 6.00. The van der Waals surface area contributed by atoms with Crippen LogP contribution in [0.5, 0.6) is 0 Å². The Morgan fingerprint density at radius 3 is 2.76 bits per heavy atom. The maximum atomic E-state index is 12.1. The van der Waals surface area contributed by atoms with Gasteiger partial charge < -0.3 is 9.64 Å². The zero-order valence-electron chi connectivity index (χ0n) is 9.97. The predicted octanol–water partition coefficient (Wildman–Crippen LogP) is 1.59. The number of nitrogens with zero attached hydrogens (tertiary/aromatic N) is 1. The monoisotopic (exact) mass is 233 g/mol. The summed E-state index contributed by atoms with van der Waals surface area (Å²) in [6.07, 6.45) is 0.562. The van der Waals surface area contributed by atoms with E-state index in [1.165, 1.54) is 7.11 Å². The summed E-state index contributed by atoms with van der Waals surface area (Å²) in [6, 6.07) is 6.95. The van der Waals surface area contributed by atoms with Crippen molar-refractivity contribution >= 4 is 11.9 Å². The minimum absolute atomic E-state index is 0.0853. The summed E-state index contributed by atoms with van der Waals surface area (Å²) in [7, 11) is 1.35. The lowest BCUT2D eigenvalue weighted by Crippen LogP contribution is -2.41. The SMILES string of the molecule is CCC(C(=O)OC)N1Cc2ccccc2C1=O. The van der Waals surface area contributed by atoms with E-state index >= 15 is 0 Å². The lowest BCUT2D eigenvalue weighted by molar-refractivity contribution is -0.146. The Morgan fingerprint density at radius 1 is 1.47 bits per heavy atom. The van der Waals surface area contributed by atoms with Crippen LogP contribution in [0.4, 0.5) is 0 Å². The molecule has 1 aromatic rings. The topological polar surface area (TPSA) is 46.6 Å². The Morgan fingerprint density at radius 2 is 2.18 bits per heavy atom. The van der Waals surface area contributed by atoms with Crippen molar-refractivity contribution in [3.8, 4) is 0 Å². The van der Waals surface area contributed by atoms with Gasteiger partial charge in [0.15, 0.2) is 0 Å². The van der Waals surface area contributed by atoms with Crippen LogP contribution in [0.15, 0.2) is 24.3 Å². The average Bonchev–Trinajstić information content (AvgIpc) is 2.68. The molecule has 0 N–H and O–H groups in total. The van der Waals surface area contributed by atoms with Gasteiger partial charge in [-0.05, 0) is 18.1 Å². The van der Waals surface area contributed by atoms with Gasteiger partial charge in [0.1, 0.15) is 6.04 Å². The fraction of sp³-hybridized carbons (Fsp3) is 0.385. The fourth-order valence-electron chi connectivity index (χ4n) is 2.18. The van der Waals surface area contributed by atoms with Crippen molar-refractivity contribution in [3.63, 3.8) is 0 Å². The molecule has 2 rings (SSSR count). The van der Waals surface area contributed by atoms with Gasteiger partial charge in [0.25, 0.3) is 5.91 Å². The van der Waals surface area contributed by atoms with Gasteiger partial charge >= 0.3 is 5.97 Å². The Balaban J connectivity index is 2.27. The number of hydrogen-bond acceptors (Lipinski definition) is 3. The molecular weight excluding hydrogens is 218 g/mol. The number of carbonyl (C=O) groups is 2. The number of hydrogen-bond donors (Lipinski definition) is 0. The van der Waals surface area contributed by atoms with E-state index in [1.807, 2.05) is 25.1 Å². The number of ether oxygens (including phenoxy) is 1. The van der Waals surface area contributed by atoms with Crippen LogP contribution in [0.1, 0.15) is 29.3 Å². The van der Waals surface area contributed by atoms with Gasteiger partial charge in [0.2, 0.25) is 0 Å². The molecule has 0 aromatic heterocycles. The van der Waals surface area contributed by atoms with Crippen molar-refractivity contribution in [1.82, 2.24) is 4.90 Å². The van der Waals surface area contributed by atoms with Gasteiger partial charge in [-0.1, -0.05) is 25.1 Å². The molecule has 0 spiro atoms. The largest absolute Gasteiger partial charge is 0.467 e. The van der Waals surface area contributed by atoms with E-state index < -0.39 is 6.04 Å². The van der Waals surface area contributed by atoms with Crippen LogP contribution in [0.25, 0.3) is 0 Å².